The highest BCUT2D eigenvalue weighted by molar-refractivity contribution is 5.98. The number of cyclic esters (lactones) is 1. The lowest BCUT2D eigenvalue weighted by Gasteiger charge is -2.44. The van der Waals surface area contributed by atoms with Gasteiger partial charge in [0.05, 0.1) is 0 Å². The number of nitrogens with two attached hydrogens (primary N) is 1. The molecule has 0 unspecified atom stereocenters. The van der Waals surface area contributed by atoms with E-state index in [0.717, 1.165) is 4.90 Å². The molecule has 2 saturated heterocycles. The Morgan fingerprint density at radius 2 is 1.37 bits per heavy atom. The Kier molecular flexibility index (Phi) is 20.7. The molecule has 22 nitrogen and oxygen atoms in total. The molecule has 75 heavy (non-hydrogen) atoms. The minimum atomic E-state index is -1.91. The average molecular weight is 1040 g/mol. The number of phenolic OH excluding ortho intramolecular Hbond substituents is 2. The van der Waals surface area contributed by atoms with Crippen molar-refractivity contribution in [1.29, 1.82) is 0 Å². The molecule has 5 rings (SSSR count). The van der Waals surface area contributed by atoms with Gasteiger partial charge in [-0.15, -0.1) is 0 Å². The van der Waals surface area contributed by atoms with Gasteiger partial charge in [0, 0.05) is 32.7 Å². The zero-order valence-corrected chi connectivity index (χ0v) is 42.9. The largest absolute Gasteiger partial charge is 0.508 e. The third-order valence-corrected chi connectivity index (χ3v) is 13.6. The number of esters is 1. The van der Waals surface area contributed by atoms with Crippen LogP contribution in [0.15, 0.2) is 78.9 Å². The topological polar surface area (TPSA) is 336 Å². The summed E-state index contributed by atoms with van der Waals surface area (Å²) < 4.78 is 5.90. The summed E-state index contributed by atoms with van der Waals surface area (Å²) in [5.74, 6) is -9.96. The number of aliphatic hydroxyl groups excluding tert-OH is 2. The molecule has 0 aromatic heterocycles. The molecule has 3 aromatic rings. The summed E-state index contributed by atoms with van der Waals surface area (Å²) >= 11 is 0. The highest BCUT2D eigenvalue weighted by atomic mass is 16.5. The van der Waals surface area contributed by atoms with E-state index in [9.17, 15) is 63.6 Å². The number of carbonyl (C=O) groups excluding carboxylic acids is 9. The van der Waals surface area contributed by atoms with E-state index >= 15 is 0 Å². The molecule has 2 aliphatic heterocycles. The number of hydrogen-bond acceptors (Lipinski definition) is 14. The Bertz CT molecular complexity index is 2510. The summed E-state index contributed by atoms with van der Waals surface area (Å²) in [5, 5.41) is 55.0. The molecule has 0 saturated carbocycles. The van der Waals surface area contributed by atoms with Crippen LogP contribution in [0, 0.1) is 11.8 Å². The smallest absolute Gasteiger partial charge is 0.329 e. The van der Waals surface area contributed by atoms with Crippen LogP contribution in [0.3, 0.4) is 0 Å². The van der Waals surface area contributed by atoms with Gasteiger partial charge >= 0.3 is 5.97 Å². The number of aromatic hydroxyl groups is 2. The average Bonchev–Trinajstić information content (AvgIpc) is 3.37. The summed E-state index contributed by atoms with van der Waals surface area (Å²) in [6.45, 7) is 7.95. The van der Waals surface area contributed by atoms with Crippen LogP contribution in [0.4, 0.5) is 0 Å². The second-order valence-electron chi connectivity index (χ2n) is 19.6. The Balaban J connectivity index is 1.60. The van der Waals surface area contributed by atoms with Crippen molar-refractivity contribution in [3.63, 3.8) is 0 Å². The first-order valence-corrected chi connectivity index (χ1v) is 25.0. The van der Waals surface area contributed by atoms with Crippen molar-refractivity contribution in [2.24, 2.45) is 17.6 Å². The van der Waals surface area contributed by atoms with Gasteiger partial charge < -0.3 is 67.3 Å². The number of phenols is 2. The van der Waals surface area contributed by atoms with Crippen LogP contribution < -0.4 is 32.3 Å². The van der Waals surface area contributed by atoms with E-state index in [2.05, 4.69) is 26.6 Å². The van der Waals surface area contributed by atoms with Crippen molar-refractivity contribution in [2.75, 3.05) is 7.05 Å². The first kappa shape index (κ1) is 58.3. The Hall–Kier alpha value is -7.59. The predicted molar refractivity (Wildman–Crippen MR) is 270 cm³/mol. The second-order valence-corrected chi connectivity index (χ2v) is 19.6. The molecule has 0 spiro atoms. The van der Waals surface area contributed by atoms with Crippen LogP contribution >= 0.6 is 0 Å². The van der Waals surface area contributed by atoms with Crippen molar-refractivity contribution in [3.8, 4) is 11.5 Å². The number of aliphatic hydroxyl groups is 2. The van der Waals surface area contributed by atoms with E-state index < -0.39 is 139 Å². The number of fused-ring (bicyclic) bond motifs is 2. The zero-order chi connectivity index (χ0) is 55.3. The number of amides is 8. The molecule has 3 aromatic carbocycles. The molecule has 11 N–H and O–H groups in total. The minimum absolute atomic E-state index is 0.0591. The number of primary amides is 1. The molecule has 11 atom stereocenters. The maximum Gasteiger partial charge on any atom is 0.329 e. The van der Waals surface area contributed by atoms with E-state index in [1.807, 2.05) is 0 Å². The quantitative estimate of drug-likeness (QED) is 0.0843. The number of hydrogen-bond donors (Lipinski definition) is 10. The van der Waals surface area contributed by atoms with Crippen LogP contribution in [0.1, 0.15) is 83.4 Å². The number of nitrogens with one attached hydrogen (secondary N) is 5. The van der Waals surface area contributed by atoms with Gasteiger partial charge in [-0.2, -0.15) is 0 Å². The molecule has 2 aliphatic rings. The van der Waals surface area contributed by atoms with Gasteiger partial charge in [0.15, 0.2) is 0 Å². The van der Waals surface area contributed by atoms with Gasteiger partial charge in [0.25, 0.3) is 0 Å². The summed E-state index contributed by atoms with van der Waals surface area (Å²) in [5.41, 5.74) is 6.91. The third-order valence-electron chi connectivity index (χ3n) is 13.6. The lowest BCUT2D eigenvalue weighted by Crippen LogP contribution is -2.66. The van der Waals surface area contributed by atoms with E-state index in [1.165, 1.54) is 67.4 Å². The fourth-order valence-corrected chi connectivity index (χ4v) is 8.93. The van der Waals surface area contributed by atoms with E-state index in [4.69, 9.17) is 10.5 Å². The number of piperidine rings is 1. The van der Waals surface area contributed by atoms with Crippen LogP contribution in [0.2, 0.25) is 0 Å². The second kappa shape index (κ2) is 26.6. The molecule has 0 aliphatic carbocycles. The number of benzene rings is 3. The molecule has 2 fully saturated rings. The number of nitrogens with zero attached hydrogens (tertiary/aromatic N) is 2. The predicted octanol–water partition coefficient (Wildman–Crippen LogP) is -0.0401. The number of ether oxygens (including phenoxy) is 1. The summed E-state index contributed by atoms with van der Waals surface area (Å²) in [6.07, 6.45) is -6.22. The first-order chi connectivity index (χ1) is 35.5. The van der Waals surface area contributed by atoms with Crippen molar-refractivity contribution in [2.45, 2.75) is 147 Å². The van der Waals surface area contributed by atoms with Crippen LogP contribution in [-0.4, -0.2) is 151 Å². The van der Waals surface area contributed by atoms with Crippen molar-refractivity contribution in [3.05, 3.63) is 95.6 Å². The van der Waals surface area contributed by atoms with Crippen LogP contribution in [0.5, 0.6) is 11.5 Å². The fourth-order valence-electron chi connectivity index (χ4n) is 8.93. The Morgan fingerprint density at radius 3 is 1.96 bits per heavy atom. The summed E-state index contributed by atoms with van der Waals surface area (Å²) in [4.78, 5) is 130. The van der Waals surface area contributed by atoms with E-state index in [-0.39, 0.29) is 43.6 Å². The SMILES string of the molecule is CC[C@@H](C)[C@H]1C(=O)N(C)[C@@H](Cc2ccccc2)C(=O)N[C@@H](C(C)C)C(=O)O[C@H](C)[C@H](NC(=O)[C@H](CCC(N)=O)NC(=O)[C@H](O)Cc2ccc(O)cc2)C(=O)N[C@@H](Cc2ccc(O)cc2)C(=O)N[C@H]2CC[C@@H](O)N1C2=O. The highest BCUT2D eigenvalue weighted by Crippen LogP contribution is 2.28. The lowest BCUT2D eigenvalue weighted by atomic mass is 9.91. The van der Waals surface area contributed by atoms with Gasteiger partial charge in [0.2, 0.25) is 47.3 Å². The summed E-state index contributed by atoms with van der Waals surface area (Å²) in [6, 6.07) is 9.38. The molecule has 2 heterocycles. The van der Waals surface area contributed by atoms with Gasteiger partial charge in [-0.3, -0.25) is 38.4 Å². The van der Waals surface area contributed by atoms with Gasteiger partial charge in [-0.05, 0) is 79.0 Å². The lowest BCUT2D eigenvalue weighted by molar-refractivity contribution is -0.168. The maximum atomic E-state index is 14.9. The Labute approximate surface area is 435 Å². The minimum Gasteiger partial charge on any atom is -0.508 e. The van der Waals surface area contributed by atoms with Crippen molar-refractivity contribution in [1.82, 2.24) is 36.4 Å². The molecule has 2 bridgehead atoms. The monoisotopic (exact) mass is 1040 g/mol. The molecule has 22 heteroatoms. The molecule has 406 valence electrons. The van der Waals surface area contributed by atoms with Gasteiger partial charge in [0.1, 0.15) is 72.2 Å². The summed E-state index contributed by atoms with van der Waals surface area (Å²) in [7, 11) is 1.38. The molecule has 0 radical (unpaired) electrons. The standard InChI is InChI=1S/C53H70N8O14/c1-7-29(4)45-52(73)60(6)39(26-31-11-9-8-10-12-31)48(69)58-43(28(2)3)53(74)75-30(5)44(59-46(67)36(21-23-41(54)65)55-49(70)40(64)27-33-15-19-35(63)20-16-33)50(71)57-38(25-32-13-17-34(62)18-14-32)47(68)56-37-22-24-42(66)61(45)51(37)72/h8-20,28-30,36-40,42-45,62-64,66H,7,21-27H2,1-6H3,(H2,54,65)(H,55,70)(H,56,68)(H,57,71)(H,58,69)(H,59,67)/t29-,30-,36+,37+,38+,39+,40-,42-,43+,44+,45+/m1/s1. The van der Waals surface area contributed by atoms with Crippen LogP contribution in [-0.2, 0) is 67.2 Å². The van der Waals surface area contributed by atoms with Crippen molar-refractivity contribution < 1.29 is 68.3 Å². The fraction of sp³-hybridized carbons (Fsp3) is 0.491. The van der Waals surface area contributed by atoms with E-state index in [0.29, 0.717) is 23.1 Å². The maximum absolute atomic E-state index is 14.9. The molecular formula is C53H70N8O14. The van der Waals surface area contributed by atoms with E-state index in [1.54, 1.807) is 58.0 Å². The highest BCUT2D eigenvalue weighted by Gasteiger charge is 2.47. The van der Waals surface area contributed by atoms with Gasteiger partial charge in [-0.25, -0.2) is 4.79 Å². The van der Waals surface area contributed by atoms with Crippen LogP contribution in [0.25, 0.3) is 0 Å². The third kappa shape index (κ3) is 15.7. The van der Waals surface area contributed by atoms with Gasteiger partial charge in [-0.1, -0.05) is 88.7 Å². The number of likely N-dealkylation sites (N-methyl/N-ethyl adjacent to an activating group) is 1. The van der Waals surface area contributed by atoms with Crippen molar-refractivity contribution >= 4 is 53.2 Å². The zero-order valence-electron chi connectivity index (χ0n) is 42.9. The first-order valence-electron chi connectivity index (χ1n) is 25.0. The number of rotatable bonds is 16. The molecular weight excluding hydrogens is 973 g/mol. The Morgan fingerprint density at radius 1 is 0.773 bits per heavy atom. The number of carbonyl (C=O) groups is 9. The molecule has 8 amide bonds. The normalized spacial score (nSPS) is 24.5.